The van der Waals surface area contributed by atoms with Crippen molar-refractivity contribution in [2.45, 2.75) is 39.7 Å². The van der Waals surface area contributed by atoms with Crippen LogP contribution in [0.5, 0.6) is 11.5 Å². The van der Waals surface area contributed by atoms with Gasteiger partial charge in [-0.2, -0.15) is 0 Å². The Morgan fingerprint density at radius 3 is 2.63 bits per heavy atom. The Bertz CT molecular complexity index is 427. The lowest BCUT2D eigenvalue weighted by Crippen LogP contribution is -2.26. The molecule has 0 atom stereocenters. The van der Waals surface area contributed by atoms with Crippen LogP contribution in [0.25, 0.3) is 0 Å². The van der Waals surface area contributed by atoms with E-state index >= 15 is 0 Å². The van der Waals surface area contributed by atoms with Gasteiger partial charge in [-0.1, -0.05) is 19.9 Å². The maximum absolute atomic E-state index is 9.62. The van der Waals surface area contributed by atoms with Gasteiger partial charge < -0.3 is 9.84 Å². The summed E-state index contributed by atoms with van der Waals surface area (Å²) in [6.07, 6.45) is 3.83. The first-order valence-corrected chi connectivity index (χ1v) is 7.20. The van der Waals surface area contributed by atoms with Gasteiger partial charge in [0, 0.05) is 13.1 Å². The molecule has 3 nitrogen and oxygen atoms in total. The van der Waals surface area contributed by atoms with Crippen molar-refractivity contribution in [3.63, 3.8) is 0 Å². The fourth-order valence-corrected chi connectivity index (χ4v) is 3.07. The van der Waals surface area contributed by atoms with Gasteiger partial charge in [0.05, 0.1) is 7.11 Å². The molecule has 1 saturated heterocycles. The summed E-state index contributed by atoms with van der Waals surface area (Å²) >= 11 is 0. The molecular weight excluding hydrogens is 238 g/mol. The number of hydrogen-bond acceptors (Lipinski definition) is 3. The van der Waals surface area contributed by atoms with Crippen LogP contribution in [0.3, 0.4) is 0 Å². The third-order valence-electron chi connectivity index (χ3n) is 4.67. The molecule has 1 aliphatic heterocycles. The summed E-state index contributed by atoms with van der Waals surface area (Å²) in [7, 11) is 1.59. The van der Waals surface area contributed by atoms with Gasteiger partial charge in [0.25, 0.3) is 0 Å². The van der Waals surface area contributed by atoms with E-state index in [2.05, 4.69) is 18.7 Å². The smallest absolute Gasteiger partial charge is 0.160 e. The van der Waals surface area contributed by atoms with E-state index < -0.39 is 0 Å². The van der Waals surface area contributed by atoms with Crippen LogP contribution in [-0.4, -0.2) is 30.2 Å². The predicted molar refractivity (Wildman–Crippen MR) is 77.6 cm³/mol. The Hall–Kier alpha value is -1.22. The Morgan fingerprint density at radius 1 is 1.32 bits per heavy atom. The summed E-state index contributed by atoms with van der Waals surface area (Å²) in [4.78, 5) is 2.51. The lowest BCUT2D eigenvalue weighted by atomic mass is 9.82. The Balaban J connectivity index is 2.03. The fraction of sp³-hybridized carbons (Fsp3) is 0.625. The van der Waals surface area contributed by atoms with Crippen molar-refractivity contribution in [2.24, 2.45) is 5.41 Å². The maximum atomic E-state index is 9.62. The van der Waals surface area contributed by atoms with Gasteiger partial charge in [-0.25, -0.2) is 0 Å². The molecule has 19 heavy (non-hydrogen) atoms. The lowest BCUT2D eigenvalue weighted by molar-refractivity contribution is 0.236. The molecule has 0 radical (unpaired) electrons. The molecule has 0 saturated carbocycles. The standard InChI is InChI=1S/C16H25NO2/c1-4-16(5-2)8-9-17(12-16)11-13-6-7-14(18)15(10-13)19-3/h6-7,10,18H,4-5,8-9,11-12H2,1-3H3. The second-order valence-electron chi connectivity index (χ2n) is 5.67. The summed E-state index contributed by atoms with van der Waals surface area (Å²) < 4.78 is 5.16. The van der Waals surface area contributed by atoms with E-state index in [0.717, 1.165) is 6.54 Å². The molecule has 1 aromatic carbocycles. The van der Waals surface area contributed by atoms with Crippen molar-refractivity contribution in [1.82, 2.24) is 4.90 Å². The first kappa shape index (κ1) is 14.2. The zero-order chi connectivity index (χ0) is 13.9. The van der Waals surface area contributed by atoms with Crippen molar-refractivity contribution in [2.75, 3.05) is 20.2 Å². The van der Waals surface area contributed by atoms with Crippen LogP contribution in [0.1, 0.15) is 38.7 Å². The molecule has 1 aromatic rings. The number of ether oxygens (including phenoxy) is 1. The minimum Gasteiger partial charge on any atom is -0.504 e. The summed E-state index contributed by atoms with van der Waals surface area (Å²) in [5.41, 5.74) is 1.72. The largest absolute Gasteiger partial charge is 0.504 e. The Labute approximate surface area is 116 Å². The number of phenolic OH excluding ortho intramolecular Hbond substituents is 1. The van der Waals surface area contributed by atoms with E-state index in [1.165, 1.54) is 37.9 Å². The molecular formula is C16H25NO2. The average molecular weight is 263 g/mol. The second-order valence-corrected chi connectivity index (χ2v) is 5.67. The Morgan fingerprint density at radius 2 is 2.05 bits per heavy atom. The van der Waals surface area contributed by atoms with E-state index in [1.807, 2.05) is 12.1 Å². The number of aromatic hydroxyl groups is 1. The van der Waals surface area contributed by atoms with Crippen molar-refractivity contribution in [3.8, 4) is 11.5 Å². The minimum atomic E-state index is 0.212. The number of nitrogens with zero attached hydrogens (tertiary/aromatic N) is 1. The second kappa shape index (κ2) is 5.83. The molecule has 2 rings (SSSR count). The van der Waals surface area contributed by atoms with Gasteiger partial charge in [-0.15, -0.1) is 0 Å². The molecule has 0 aliphatic carbocycles. The summed E-state index contributed by atoms with van der Waals surface area (Å²) in [5.74, 6) is 0.776. The first-order chi connectivity index (χ1) is 9.12. The first-order valence-electron chi connectivity index (χ1n) is 7.20. The Kier molecular flexibility index (Phi) is 4.35. The van der Waals surface area contributed by atoms with Crippen molar-refractivity contribution in [3.05, 3.63) is 23.8 Å². The molecule has 0 aromatic heterocycles. The summed E-state index contributed by atoms with van der Waals surface area (Å²) in [6.45, 7) is 7.90. The molecule has 106 valence electrons. The lowest BCUT2D eigenvalue weighted by Gasteiger charge is -2.26. The van der Waals surface area contributed by atoms with E-state index in [9.17, 15) is 5.11 Å². The van der Waals surface area contributed by atoms with Crippen LogP contribution < -0.4 is 4.74 Å². The highest BCUT2D eigenvalue weighted by Crippen LogP contribution is 2.37. The van der Waals surface area contributed by atoms with E-state index in [0.29, 0.717) is 11.2 Å². The van der Waals surface area contributed by atoms with Crippen LogP contribution in [-0.2, 0) is 6.54 Å². The number of likely N-dealkylation sites (tertiary alicyclic amines) is 1. The molecule has 0 unspecified atom stereocenters. The number of hydrogen-bond donors (Lipinski definition) is 1. The number of methoxy groups -OCH3 is 1. The molecule has 1 aliphatic rings. The molecule has 0 amide bonds. The average Bonchev–Trinajstić information content (AvgIpc) is 2.85. The monoisotopic (exact) mass is 263 g/mol. The topological polar surface area (TPSA) is 32.7 Å². The molecule has 3 heteroatoms. The van der Waals surface area contributed by atoms with E-state index in [4.69, 9.17) is 4.74 Å². The van der Waals surface area contributed by atoms with Crippen LogP contribution in [0, 0.1) is 5.41 Å². The van der Waals surface area contributed by atoms with Crippen LogP contribution in [0.2, 0.25) is 0 Å². The van der Waals surface area contributed by atoms with Crippen LogP contribution >= 0.6 is 0 Å². The van der Waals surface area contributed by atoms with Gasteiger partial charge in [0.1, 0.15) is 0 Å². The highest BCUT2D eigenvalue weighted by Gasteiger charge is 2.34. The maximum Gasteiger partial charge on any atom is 0.160 e. The fourth-order valence-electron chi connectivity index (χ4n) is 3.07. The van der Waals surface area contributed by atoms with Crippen molar-refractivity contribution >= 4 is 0 Å². The van der Waals surface area contributed by atoms with E-state index in [1.54, 1.807) is 13.2 Å². The van der Waals surface area contributed by atoms with Gasteiger partial charge >= 0.3 is 0 Å². The number of rotatable bonds is 5. The highest BCUT2D eigenvalue weighted by molar-refractivity contribution is 5.41. The molecule has 1 heterocycles. The van der Waals surface area contributed by atoms with Gasteiger partial charge in [0.2, 0.25) is 0 Å². The predicted octanol–water partition coefficient (Wildman–Crippen LogP) is 3.41. The molecule has 1 N–H and O–H groups in total. The third-order valence-corrected chi connectivity index (χ3v) is 4.67. The molecule has 0 spiro atoms. The third kappa shape index (κ3) is 3.03. The number of benzene rings is 1. The van der Waals surface area contributed by atoms with Gasteiger partial charge in [-0.3, -0.25) is 4.90 Å². The van der Waals surface area contributed by atoms with E-state index in [-0.39, 0.29) is 5.75 Å². The van der Waals surface area contributed by atoms with Crippen molar-refractivity contribution < 1.29 is 9.84 Å². The van der Waals surface area contributed by atoms with Gasteiger partial charge in [0.15, 0.2) is 11.5 Å². The highest BCUT2D eigenvalue weighted by atomic mass is 16.5. The summed E-state index contributed by atoms with van der Waals surface area (Å²) in [6, 6.07) is 5.64. The summed E-state index contributed by atoms with van der Waals surface area (Å²) in [5, 5.41) is 9.62. The molecule has 1 fully saturated rings. The zero-order valence-corrected chi connectivity index (χ0v) is 12.3. The normalized spacial score (nSPS) is 18.7. The quantitative estimate of drug-likeness (QED) is 0.883. The van der Waals surface area contributed by atoms with Gasteiger partial charge in [-0.05, 0) is 48.9 Å². The van der Waals surface area contributed by atoms with Crippen LogP contribution in [0.15, 0.2) is 18.2 Å². The minimum absolute atomic E-state index is 0.212. The zero-order valence-electron chi connectivity index (χ0n) is 12.3. The van der Waals surface area contributed by atoms with Crippen molar-refractivity contribution in [1.29, 1.82) is 0 Å². The van der Waals surface area contributed by atoms with Crippen LogP contribution in [0.4, 0.5) is 0 Å². The molecule has 0 bridgehead atoms. The number of phenols is 1. The SMILES string of the molecule is CCC1(CC)CCN(Cc2ccc(O)c(OC)c2)C1.